The molecule has 0 aliphatic heterocycles. The third-order valence-corrected chi connectivity index (χ3v) is 3.16. The maximum absolute atomic E-state index is 6.27. The molecule has 2 nitrogen and oxygen atoms in total. The van der Waals surface area contributed by atoms with Gasteiger partial charge in [0, 0.05) is 0 Å². The number of aromatic nitrogens is 1. The van der Waals surface area contributed by atoms with Crippen LogP contribution in [0.25, 0.3) is 0 Å². The first-order chi connectivity index (χ1) is 6.21. The van der Waals surface area contributed by atoms with Crippen molar-refractivity contribution in [3.63, 3.8) is 0 Å². The fraction of sp³-hybridized carbons (Fsp3) is 0.500. The second-order valence-electron chi connectivity index (χ2n) is 3.71. The highest BCUT2D eigenvalue weighted by Crippen LogP contribution is 2.35. The van der Waals surface area contributed by atoms with E-state index in [1.165, 1.54) is 12.8 Å². The van der Waals surface area contributed by atoms with Crippen molar-refractivity contribution in [2.24, 2.45) is 5.73 Å². The summed E-state index contributed by atoms with van der Waals surface area (Å²) in [6, 6.07) is 5.96. The van der Waals surface area contributed by atoms with E-state index in [9.17, 15) is 0 Å². The lowest BCUT2D eigenvalue weighted by Gasteiger charge is -2.22. The van der Waals surface area contributed by atoms with Crippen LogP contribution in [0.1, 0.15) is 31.4 Å². The number of hydrogen-bond donors (Lipinski definition) is 1. The van der Waals surface area contributed by atoms with E-state index in [2.05, 4.69) is 20.9 Å². The van der Waals surface area contributed by atoms with Crippen LogP contribution in [0.3, 0.4) is 0 Å². The van der Waals surface area contributed by atoms with Gasteiger partial charge < -0.3 is 5.73 Å². The van der Waals surface area contributed by atoms with Crippen LogP contribution in [0, 0.1) is 0 Å². The van der Waals surface area contributed by atoms with Crippen LogP contribution in [0.15, 0.2) is 22.8 Å². The molecular weight excluding hydrogens is 228 g/mol. The van der Waals surface area contributed by atoms with Crippen LogP contribution in [-0.4, -0.2) is 4.98 Å². The third-order valence-electron chi connectivity index (χ3n) is 2.72. The molecule has 0 spiro atoms. The number of halogens is 1. The topological polar surface area (TPSA) is 38.9 Å². The van der Waals surface area contributed by atoms with Crippen molar-refractivity contribution in [3.05, 3.63) is 28.5 Å². The van der Waals surface area contributed by atoms with Crippen LogP contribution >= 0.6 is 15.9 Å². The maximum atomic E-state index is 6.27. The van der Waals surface area contributed by atoms with Gasteiger partial charge in [-0.25, -0.2) is 4.98 Å². The predicted octanol–water partition coefficient (Wildman–Crippen LogP) is 2.57. The van der Waals surface area contributed by atoms with Crippen LogP contribution < -0.4 is 5.73 Å². The Hall–Kier alpha value is -0.410. The number of hydrogen-bond acceptors (Lipinski definition) is 2. The summed E-state index contributed by atoms with van der Waals surface area (Å²) >= 11 is 3.37. The van der Waals surface area contributed by atoms with E-state index in [4.69, 9.17) is 5.73 Å². The molecule has 2 N–H and O–H groups in total. The summed E-state index contributed by atoms with van der Waals surface area (Å²) in [4.78, 5) is 4.42. The fourth-order valence-electron chi connectivity index (χ4n) is 1.95. The molecule has 1 aromatic heterocycles. The van der Waals surface area contributed by atoms with Crippen molar-refractivity contribution in [1.82, 2.24) is 4.98 Å². The molecule has 3 heteroatoms. The molecule has 0 saturated heterocycles. The Balaban J connectivity index is 2.33. The summed E-state index contributed by atoms with van der Waals surface area (Å²) in [5.41, 5.74) is 7.13. The summed E-state index contributed by atoms with van der Waals surface area (Å²) < 4.78 is 0.877. The first-order valence-corrected chi connectivity index (χ1v) is 5.42. The first-order valence-electron chi connectivity index (χ1n) is 4.63. The second kappa shape index (κ2) is 3.39. The summed E-state index contributed by atoms with van der Waals surface area (Å²) in [7, 11) is 0. The van der Waals surface area contributed by atoms with Gasteiger partial charge in [0.15, 0.2) is 0 Å². The average molecular weight is 241 g/mol. The third kappa shape index (κ3) is 1.76. The minimum atomic E-state index is -0.163. The van der Waals surface area contributed by atoms with Crippen LogP contribution in [0.4, 0.5) is 0 Å². The number of rotatable bonds is 1. The zero-order valence-electron chi connectivity index (χ0n) is 7.46. The first kappa shape index (κ1) is 9.16. The SMILES string of the molecule is NC1(c2cccc(Br)n2)CCCC1. The highest BCUT2D eigenvalue weighted by Gasteiger charge is 2.32. The fourth-order valence-corrected chi connectivity index (χ4v) is 2.29. The largest absolute Gasteiger partial charge is 0.320 e. The van der Waals surface area contributed by atoms with Crippen LogP contribution in [-0.2, 0) is 5.54 Å². The Morgan fingerprint density at radius 3 is 2.62 bits per heavy atom. The van der Waals surface area contributed by atoms with Gasteiger partial charge in [0.1, 0.15) is 4.60 Å². The Morgan fingerprint density at radius 2 is 2.00 bits per heavy atom. The van der Waals surface area contributed by atoms with Gasteiger partial charge in [-0.15, -0.1) is 0 Å². The van der Waals surface area contributed by atoms with Gasteiger partial charge in [0.2, 0.25) is 0 Å². The molecule has 1 aromatic rings. The van der Waals surface area contributed by atoms with Crippen molar-refractivity contribution in [2.45, 2.75) is 31.2 Å². The van der Waals surface area contributed by atoms with Gasteiger partial charge in [-0.05, 0) is 40.9 Å². The Bertz CT molecular complexity index is 306. The van der Waals surface area contributed by atoms with Crippen molar-refractivity contribution >= 4 is 15.9 Å². The van der Waals surface area contributed by atoms with E-state index in [-0.39, 0.29) is 5.54 Å². The summed E-state index contributed by atoms with van der Waals surface area (Å²) in [5.74, 6) is 0. The van der Waals surface area contributed by atoms with Crippen LogP contribution in [0.2, 0.25) is 0 Å². The van der Waals surface area contributed by atoms with Gasteiger partial charge in [-0.3, -0.25) is 0 Å². The van der Waals surface area contributed by atoms with Crippen molar-refractivity contribution < 1.29 is 0 Å². The molecule has 0 aromatic carbocycles. The Morgan fingerprint density at radius 1 is 1.31 bits per heavy atom. The molecule has 0 atom stereocenters. The van der Waals surface area contributed by atoms with Crippen molar-refractivity contribution in [1.29, 1.82) is 0 Å². The molecule has 1 aliphatic carbocycles. The van der Waals surface area contributed by atoms with E-state index >= 15 is 0 Å². The van der Waals surface area contributed by atoms with E-state index in [1.54, 1.807) is 0 Å². The van der Waals surface area contributed by atoms with E-state index < -0.39 is 0 Å². The lowest BCUT2D eigenvalue weighted by Crippen LogP contribution is -2.34. The monoisotopic (exact) mass is 240 g/mol. The molecule has 0 radical (unpaired) electrons. The predicted molar refractivity (Wildman–Crippen MR) is 56.3 cm³/mol. The van der Waals surface area contributed by atoms with E-state index in [0.29, 0.717) is 0 Å². The number of pyridine rings is 1. The van der Waals surface area contributed by atoms with Gasteiger partial charge in [0.05, 0.1) is 11.2 Å². The molecule has 2 rings (SSSR count). The summed E-state index contributed by atoms with van der Waals surface area (Å²) in [6.45, 7) is 0. The lowest BCUT2D eigenvalue weighted by atomic mass is 9.94. The lowest BCUT2D eigenvalue weighted by molar-refractivity contribution is 0.446. The normalized spacial score (nSPS) is 20.5. The minimum Gasteiger partial charge on any atom is -0.320 e. The van der Waals surface area contributed by atoms with Gasteiger partial charge in [0.25, 0.3) is 0 Å². The molecule has 0 bridgehead atoms. The molecule has 1 fully saturated rings. The minimum absolute atomic E-state index is 0.163. The Labute approximate surface area is 86.7 Å². The summed E-state index contributed by atoms with van der Waals surface area (Å²) in [5, 5.41) is 0. The van der Waals surface area contributed by atoms with Gasteiger partial charge >= 0.3 is 0 Å². The summed E-state index contributed by atoms with van der Waals surface area (Å²) in [6.07, 6.45) is 4.59. The highest BCUT2D eigenvalue weighted by molar-refractivity contribution is 9.10. The molecule has 1 aliphatic rings. The standard InChI is InChI=1S/C10H13BrN2/c11-9-5-3-4-8(13-9)10(12)6-1-2-7-10/h3-5H,1-2,6-7,12H2. The molecule has 1 heterocycles. The highest BCUT2D eigenvalue weighted by atomic mass is 79.9. The number of nitrogens with zero attached hydrogens (tertiary/aromatic N) is 1. The molecule has 1 saturated carbocycles. The van der Waals surface area contributed by atoms with E-state index in [0.717, 1.165) is 23.1 Å². The average Bonchev–Trinajstić information content (AvgIpc) is 2.54. The zero-order chi connectivity index (χ0) is 9.31. The number of nitrogens with two attached hydrogens (primary N) is 1. The quantitative estimate of drug-likeness (QED) is 0.767. The van der Waals surface area contributed by atoms with Gasteiger partial charge in [-0.2, -0.15) is 0 Å². The molecular formula is C10H13BrN2. The molecule has 70 valence electrons. The van der Waals surface area contributed by atoms with Crippen molar-refractivity contribution in [2.75, 3.05) is 0 Å². The van der Waals surface area contributed by atoms with E-state index in [1.807, 2.05) is 18.2 Å². The zero-order valence-corrected chi connectivity index (χ0v) is 9.05. The van der Waals surface area contributed by atoms with Crippen LogP contribution in [0.5, 0.6) is 0 Å². The maximum Gasteiger partial charge on any atom is 0.106 e. The molecule has 0 unspecified atom stereocenters. The second-order valence-corrected chi connectivity index (χ2v) is 4.52. The Kier molecular flexibility index (Phi) is 2.39. The smallest absolute Gasteiger partial charge is 0.106 e. The van der Waals surface area contributed by atoms with Crippen molar-refractivity contribution in [3.8, 4) is 0 Å². The van der Waals surface area contributed by atoms with Gasteiger partial charge in [-0.1, -0.05) is 18.9 Å². The molecule has 13 heavy (non-hydrogen) atoms. The molecule has 0 amide bonds.